The number of nitrogens with one attached hydrogen (secondary N) is 1. The Morgan fingerprint density at radius 3 is 2.52 bits per heavy atom. The maximum absolute atomic E-state index is 12.7. The molecule has 1 heterocycles. The maximum atomic E-state index is 12.7. The summed E-state index contributed by atoms with van der Waals surface area (Å²) in [6.07, 6.45) is 0.0827. The molecule has 0 aliphatic carbocycles. The molecule has 1 saturated heterocycles. The number of ether oxygens (including phenoxy) is 1. The first-order valence-corrected chi connectivity index (χ1v) is 10.5. The summed E-state index contributed by atoms with van der Waals surface area (Å²) in [5.74, 6) is 0.267. The number of rotatable bonds is 5. The minimum Gasteiger partial charge on any atom is -0.494 e. The van der Waals surface area contributed by atoms with Crippen LogP contribution in [-0.4, -0.2) is 40.8 Å². The lowest BCUT2D eigenvalue weighted by Gasteiger charge is -2.28. The van der Waals surface area contributed by atoms with Gasteiger partial charge in [0, 0.05) is 29.2 Å². The second-order valence-corrected chi connectivity index (χ2v) is 8.27. The summed E-state index contributed by atoms with van der Waals surface area (Å²) in [4.78, 5) is 31.0. The molecule has 2 amide bonds. The van der Waals surface area contributed by atoms with E-state index in [4.69, 9.17) is 27.9 Å². The third-order valence-electron chi connectivity index (χ3n) is 4.07. The fourth-order valence-corrected chi connectivity index (χ4v) is 4.21. The van der Waals surface area contributed by atoms with E-state index in [0.717, 1.165) is 5.75 Å². The third kappa shape index (κ3) is 5.65. The molecule has 1 aliphatic rings. The van der Waals surface area contributed by atoms with E-state index in [1.807, 2.05) is 6.92 Å². The highest BCUT2D eigenvalue weighted by atomic mass is 35.5. The van der Waals surface area contributed by atoms with Gasteiger partial charge in [0.2, 0.25) is 11.8 Å². The largest absolute Gasteiger partial charge is 0.494 e. The lowest BCUT2D eigenvalue weighted by atomic mass is 10.2. The number of thioether (sulfide) groups is 1. The van der Waals surface area contributed by atoms with Crippen LogP contribution >= 0.6 is 35.0 Å². The molecule has 3 rings (SSSR count). The number of amides is 2. The van der Waals surface area contributed by atoms with Crippen LogP contribution in [0.3, 0.4) is 0 Å². The standard InChI is InChI=1S/C20H19Cl2N3O3S/c1-3-28-16-6-4-14(5-7-16)23-19(27)17-11-18(26)25(2)20(29-17)24-15-9-12(21)8-13(22)10-15/h4-10,17H,3,11H2,1-2H3,(H,23,27)/t17-/m1/s1. The number of nitrogens with zero attached hydrogens (tertiary/aromatic N) is 2. The number of hydrogen-bond acceptors (Lipinski definition) is 5. The number of halogens is 2. The molecule has 0 unspecified atom stereocenters. The van der Waals surface area contributed by atoms with Gasteiger partial charge in [0.25, 0.3) is 0 Å². The Kier molecular flexibility index (Phi) is 7.05. The molecule has 1 aliphatic heterocycles. The van der Waals surface area contributed by atoms with Gasteiger partial charge in [0.15, 0.2) is 5.17 Å². The molecule has 0 spiro atoms. The fraction of sp³-hybridized carbons (Fsp3) is 0.250. The quantitative estimate of drug-likeness (QED) is 0.695. The Bertz CT molecular complexity index is 930. The number of anilines is 1. The minimum atomic E-state index is -0.598. The summed E-state index contributed by atoms with van der Waals surface area (Å²) in [5, 5.41) is 3.53. The molecule has 29 heavy (non-hydrogen) atoms. The monoisotopic (exact) mass is 451 g/mol. The van der Waals surface area contributed by atoms with Gasteiger partial charge >= 0.3 is 0 Å². The van der Waals surface area contributed by atoms with E-state index in [-0.39, 0.29) is 18.2 Å². The number of hydrogen-bond donors (Lipinski definition) is 1. The molecule has 1 fully saturated rings. The van der Waals surface area contributed by atoms with Crippen molar-refractivity contribution >= 4 is 63.3 Å². The zero-order valence-electron chi connectivity index (χ0n) is 15.8. The van der Waals surface area contributed by atoms with Crippen molar-refractivity contribution in [2.24, 2.45) is 4.99 Å². The van der Waals surface area contributed by atoms with Crippen molar-refractivity contribution in [2.45, 2.75) is 18.6 Å². The Morgan fingerprint density at radius 2 is 1.90 bits per heavy atom. The predicted molar refractivity (Wildman–Crippen MR) is 119 cm³/mol. The summed E-state index contributed by atoms with van der Waals surface area (Å²) in [6.45, 7) is 2.47. The number of carbonyl (C=O) groups excluding carboxylic acids is 2. The molecule has 9 heteroatoms. The Balaban J connectivity index is 1.75. The predicted octanol–water partition coefficient (Wildman–Crippen LogP) is 4.98. The molecule has 0 bridgehead atoms. The highest BCUT2D eigenvalue weighted by molar-refractivity contribution is 8.15. The van der Waals surface area contributed by atoms with Gasteiger partial charge in [-0.25, -0.2) is 4.99 Å². The average molecular weight is 452 g/mol. The SMILES string of the molecule is CCOc1ccc(NC(=O)[C@H]2CC(=O)N(C)C(=Nc3cc(Cl)cc(Cl)c3)S2)cc1. The van der Waals surface area contributed by atoms with Crippen LogP contribution in [0.5, 0.6) is 5.75 Å². The van der Waals surface area contributed by atoms with E-state index >= 15 is 0 Å². The molecule has 152 valence electrons. The fourth-order valence-electron chi connectivity index (χ4n) is 2.64. The van der Waals surface area contributed by atoms with E-state index in [9.17, 15) is 9.59 Å². The van der Waals surface area contributed by atoms with Gasteiger partial charge in [0.1, 0.15) is 11.0 Å². The molecule has 2 aromatic rings. The van der Waals surface area contributed by atoms with Gasteiger partial charge in [-0.15, -0.1) is 0 Å². The summed E-state index contributed by atoms with van der Waals surface area (Å²) < 4.78 is 5.39. The van der Waals surface area contributed by atoms with E-state index in [1.54, 1.807) is 49.5 Å². The van der Waals surface area contributed by atoms with Crippen LogP contribution in [0.2, 0.25) is 10.0 Å². The molecular weight excluding hydrogens is 433 g/mol. The van der Waals surface area contributed by atoms with Crippen LogP contribution in [0.25, 0.3) is 0 Å². The summed E-state index contributed by atoms with van der Waals surface area (Å²) in [7, 11) is 1.63. The highest BCUT2D eigenvalue weighted by Gasteiger charge is 2.34. The molecule has 0 aromatic heterocycles. The van der Waals surface area contributed by atoms with Crippen LogP contribution in [-0.2, 0) is 9.59 Å². The lowest BCUT2D eigenvalue weighted by Crippen LogP contribution is -2.43. The smallest absolute Gasteiger partial charge is 0.238 e. The average Bonchev–Trinajstić information content (AvgIpc) is 2.66. The second-order valence-electron chi connectivity index (χ2n) is 6.23. The zero-order valence-corrected chi connectivity index (χ0v) is 18.1. The first-order chi connectivity index (χ1) is 13.9. The van der Waals surface area contributed by atoms with E-state index < -0.39 is 5.25 Å². The van der Waals surface area contributed by atoms with Gasteiger partial charge in [0.05, 0.1) is 12.3 Å². The molecule has 1 atom stereocenters. The first-order valence-electron chi connectivity index (χ1n) is 8.87. The van der Waals surface area contributed by atoms with Crippen molar-refractivity contribution < 1.29 is 14.3 Å². The zero-order chi connectivity index (χ0) is 21.0. The summed E-state index contributed by atoms with van der Waals surface area (Å²) >= 11 is 13.3. The molecular formula is C20H19Cl2N3O3S. The Labute approximate surface area is 183 Å². The molecule has 0 saturated carbocycles. The van der Waals surface area contributed by atoms with Crippen LogP contribution in [0.1, 0.15) is 13.3 Å². The van der Waals surface area contributed by atoms with Crippen LogP contribution in [0, 0.1) is 0 Å². The van der Waals surface area contributed by atoms with Gasteiger partial charge in [-0.2, -0.15) is 0 Å². The third-order valence-corrected chi connectivity index (χ3v) is 5.74. The van der Waals surface area contributed by atoms with Gasteiger partial charge < -0.3 is 10.1 Å². The van der Waals surface area contributed by atoms with Gasteiger partial charge in [-0.3, -0.25) is 14.5 Å². The molecule has 6 nitrogen and oxygen atoms in total. The number of benzene rings is 2. The van der Waals surface area contributed by atoms with Gasteiger partial charge in [-0.05, 0) is 49.4 Å². The van der Waals surface area contributed by atoms with E-state index in [2.05, 4.69) is 10.3 Å². The summed E-state index contributed by atoms with van der Waals surface area (Å²) in [5.41, 5.74) is 1.14. The van der Waals surface area contributed by atoms with Crippen LogP contribution < -0.4 is 10.1 Å². The topological polar surface area (TPSA) is 71.0 Å². The first kappa shape index (κ1) is 21.5. The second kappa shape index (κ2) is 9.52. The van der Waals surface area contributed by atoms with Crippen LogP contribution in [0.4, 0.5) is 11.4 Å². The van der Waals surface area contributed by atoms with Crippen LogP contribution in [0.15, 0.2) is 47.5 Å². The van der Waals surface area contributed by atoms with Crippen molar-refractivity contribution in [2.75, 3.05) is 19.0 Å². The summed E-state index contributed by atoms with van der Waals surface area (Å²) in [6, 6.07) is 12.0. The van der Waals surface area contributed by atoms with E-state index in [1.165, 1.54) is 16.7 Å². The Hall–Kier alpha value is -2.22. The van der Waals surface area contributed by atoms with E-state index in [0.29, 0.717) is 33.2 Å². The number of amidine groups is 1. The van der Waals surface area contributed by atoms with Crippen molar-refractivity contribution in [3.05, 3.63) is 52.5 Å². The van der Waals surface area contributed by atoms with Gasteiger partial charge in [-0.1, -0.05) is 35.0 Å². The van der Waals surface area contributed by atoms with Crippen molar-refractivity contribution in [3.8, 4) is 5.75 Å². The molecule has 0 radical (unpaired) electrons. The number of carbonyl (C=O) groups is 2. The normalized spacial score (nSPS) is 18.1. The molecule has 2 aromatic carbocycles. The maximum Gasteiger partial charge on any atom is 0.238 e. The lowest BCUT2D eigenvalue weighted by molar-refractivity contribution is -0.128. The Morgan fingerprint density at radius 1 is 1.24 bits per heavy atom. The van der Waals surface area contributed by atoms with Crippen molar-refractivity contribution in [3.63, 3.8) is 0 Å². The van der Waals surface area contributed by atoms with Crippen molar-refractivity contribution in [1.29, 1.82) is 0 Å². The highest BCUT2D eigenvalue weighted by Crippen LogP contribution is 2.31. The van der Waals surface area contributed by atoms with Crippen molar-refractivity contribution in [1.82, 2.24) is 4.90 Å². The molecule has 1 N–H and O–H groups in total. The minimum absolute atomic E-state index is 0.0827. The number of aliphatic imine (C=N–C) groups is 1.